The van der Waals surface area contributed by atoms with Crippen LogP contribution in [0.15, 0.2) is 41.5 Å². The predicted octanol–water partition coefficient (Wildman–Crippen LogP) is 3.45. The van der Waals surface area contributed by atoms with Gasteiger partial charge in [0.25, 0.3) is 0 Å². The Morgan fingerprint density at radius 1 is 1.11 bits per heavy atom. The first-order chi connectivity index (χ1) is 8.81. The van der Waals surface area contributed by atoms with E-state index in [2.05, 4.69) is 22.2 Å². The molecule has 0 bridgehead atoms. The fourth-order valence-electron chi connectivity index (χ4n) is 2.42. The maximum absolute atomic E-state index is 6.76. The van der Waals surface area contributed by atoms with E-state index >= 15 is 0 Å². The Balaban J connectivity index is 2.10. The van der Waals surface area contributed by atoms with Crippen LogP contribution < -0.4 is 9.65 Å². The van der Waals surface area contributed by atoms with Crippen molar-refractivity contribution < 1.29 is 4.74 Å². The lowest BCUT2D eigenvalue weighted by Gasteiger charge is -2.03. The largest absolute Gasteiger partial charge is 0.497 e. The Morgan fingerprint density at radius 2 is 1.83 bits per heavy atom. The minimum Gasteiger partial charge on any atom is -0.497 e. The molecule has 4 nitrogen and oxygen atoms in total. The van der Waals surface area contributed by atoms with Gasteiger partial charge in [-0.25, -0.2) is 0 Å². The fraction of sp³-hybridized carbons (Fsp3) is 0.143. The highest BCUT2D eigenvalue weighted by Gasteiger charge is 2.19. The normalized spacial score (nSPS) is 11.4. The molecule has 0 fully saturated rings. The van der Waals surface area contributed by atoms with E-state index in [9.17, 15) is 0 Å². The summed E-state index contributed by atoms with van der Waals surface area (Å²) >= 11 is 0. The van der Waals surface area contributed by atoms with Crippen molar-refractivity contribution in [3.63, 3.8) is 0 Å². The van der Waals surface area contributed by atoms with E-state index in [-0.39, 0.29) is 0 Å². The topological polar surface area (TPSA) is 59.5 Å². The Morgan fingerprint density at radius 3 is 2.56 bits per heavy atom. The van der Waals surface area contributed by atoms with Gasteiger partial charge < -0.3 is 4.74 Å². The highest BCUT2D eigenvalue weighted by Crippen LogP contribution is 2.39. The monoisotopic (exact) mass is 238 g/mol. The number of hydrogen-bond donors (Lipinski definition) is 1. The first-order valence-corrected chi connectivity index (χ1v) is 5.69. The van der Waals surface area contributed by atoms with Crippen molar-refractivity contribution in [1.82, 2.24) is 4.91 Å². The van der Waals surface area contributed by atoms with Gasteiger partial charge >= 0.3 is 0 Å². The zero-order valence-electron chi connectivity index (χ0n) is 9.97. The molecule has 0 unspecified atom stereocenters. The maximum Gasteiger partial charge on any atom is 0.220 e. The first kappa shape index (κ1) is 10.7. The maximum atomic E-state index is 6.76. The molecular weight excluding hydrogens is 226 g/mol. The summed E-state index contributed by atoms with van der Waals surface area (Å²) in [6, 6.07) is 12.0. The van der Waals surface area contributed by atoms with Crippen molar-refractivity contribution in [1.29, 1.82) is 5.53 Å². The van der Waals surface area contributed by atoms with Gasteiger partial charge in [0.05, 0.1) is 7.11 Å². The number of nitrogens with one attached hydrogen (secondary N) is 1. The molecule has 0 saturated carbocycles. The van der Waals surface area contributed by atoms with Gasteiger partial charge in [0.15, 0.2) is 10.8 Å². The third kappa shape index (κ3) is 1.60. The summed E-state index contributed by atoms with van der Waals surface area (Å²) in [5.41, 5.74) is 12.5. The molecule has 0 aliphatic heterocycles. The lowest BCUT2D eigenvalue weighted by molar-refractivity contribution is 0.414. The smallest absolute Gasteiger partial charge is 0.220 e. The predicted molar refractivity (Wildman–Crippen MR) is 68.2 cm³/mol. The summed E-state index contributed by atoms with van der Waals surface area (Å²) in [6.07, 6.45) is 0.878. The van der Waals surface area contributed by atoms with Crippen molar-refractivity contribution in [2.24, 2.45) is 5.11 Å². The first-order valence-electron chi connectivity index (χ1n) is 5.69. The molecule has 18 heavy (non-hydrogen) atoms. The van der Waals surface area contributed by atoms with Crippen LogP contribution in [0.25, 0.3) is 11.1 Å². The number of benzene rings is 2. The molecule has 0 atom stereocenters. The molecule has 4 heteroatoms. The highest BCUT2D eigenvalue weighted by atomic mass is 16.5. The van der Waals surface area contributed by atoms with E-state index in [1.54, 1.807) is 7.11 Å². The quantitative estimate of drug-likeness (QED) is 0.539. The molecule has 88 valence electrons. The average molecular weight is 238 g/mol. The van der Waals surface area contributed by atoms with Crippen molar-refractivity contribution >= 4 is 5.69 Å². The van der Waals surface area contributed by atoms with Gasteiger partial charge in [-0.3, -0.25) is 0 Å². The van der Waals surface area contributed by atoms with Crippen LogP contribution in [0.1, 0.15) is 11.1 Å². The van der Waals surface area contributed by atoms with Crippen LogP contribution >= 0.6 is 0 Å². The second-order valence-electron chi connectivity index (χ2n) is 4.24. The van der Waals surface area contributed by atoms with Crippen molar-refractivity contribution in [3.05, 3.63) is 47.5 Å². The molecular formula is C14H12N3O+. The second-order valence-corrected chi connectivity index (χ2v) is 4.24. The molecule has 0 amide bonds. The van der Waals surface area contributed by atoms with E-state index in [4.69, 9.17) is 10.3 Å². The van der Waals surface area contributed by atoms with Gasteiger partial charge in [-0.05, 0) is 52.9 Å². The molecule has 0 heterocycles. The van der Waals surface area contributed by atoms with E-state index in [0.29, 0.717) is 0 Å². The van der Waals surface area contributed by atoms with Gasteiger partial charge in [0, 0.05) is 0 Å². The molecule has 3 rings (SSSR count). The number of rotatable bonds is 2. The van der Waals surface area contributed by atoms with Gasteiger partial charge in [-0.1, -0.05) is 12.1 Å². The third-order valence-electron chi connectivity index (χ3n) is 3.24. The van der Waals surface area contributed by atoms with Crippen LogP contribution in [-0.2, 0) is 6.42 Å². The van der Waals surface area contributed by atoms with Crippen molar-refractivity contribution in [2.75, 3.05) is 7.11 Å². The molecule has 0 saturated heterocycles. The third-order valence-corrected chi connectivity index (χ3v) is 3.24. The van der Waals surface area contributed by atoms with Gasteiger partial charge in [-0.2, -0.15) is 0 Å². The summed E-state index contributed by atoms with van der Waals surface area (Å²) < 4.78 is 5.24. The highest BCUT2D eigenvalue weighted by molar-refractivity contribution is 5.78. The fourth-order valence-corrected chi connectivity index (χ4v) is 2.42. The number of hydrogen-bond acceptors (Lipinski definition) is 3. The second kappa shape index (κ2) is 4.09. The zero-order chi connectivity index (χ0) is 12.5. The van der Waals surface area contributed by atoms with Gasteiger partial charge in [0.2, 0.25) is 4.91 Å². The summed E-state index contributed by atoms with van der Waals surface area (Å²) in [4.78, 5) is 3.06. The average Bonchev–Trinajstić information content (AvgIpc) is 2.75. The Hall–Kier alpha value is -2.45. The van der Waals surface area contributed by atoms with E-state index in [1.165, 1.54) is 22.3 Å². The van der Waals surface area contributed by atoms with Crippen LogP contribution in [0.3, 0.4) is 0 Å². The van der Waals surface area contributed by atoms with Crippen LogP contribution in [-0.4, -0.2) is 7.11 Å². The molecule has 1 aliphatic carbocycles. The summed E-state index contributed by atoms with van der Waals surface area (Å²) in [6.45, 7) is 0. The molecule has 1 N–H and O–H groups in total. The number of nitrogens with zero attached hydrogens (tertiary/aromatic N) is 2. The van der Waals surface area contributed by atoms with Crippen LogP contribution in [0, 0.1) is 5.53 Å². The number of fused-ring (bicyclic) bond motifs is 3. The zero-order valence-corrected chi connectivity index (χ0v) is 9.97. The SMILES string of the molecule is COc1ccc2c(c1)Cc1cc(N=[N+]=N)ccc1-2. The van der Waals surface area contributed by atoms with Crippen molar-refractivity contribution in [2.45, 2.75) is 6.42 Å². The molecule has 0 radical (unpaired) electrons. The van der Waals surface area contributed by atoms with E-state index in [0.717, 1.165) is 17.9 Å². The Bertz CT molecular complexity index is 673. The lowest BCUT2D eigenvalue weighted by atomic mass is 10.1. The van der Waals surface area contributed by atoms with Crippen molar-refractivity contribution in [3.8, 4) is 16.9 Å². The summed E-state index contributed by atoms with van der Waals surface area (Å²) in [5, 5.41) is 3.75. The standard InChI is InChI=1S/C14H12N3O/c1-18-12-3-5-14-10(8-12)6-9-7-11(16-17-15)2-4-13(9)14/h2-5,7-8,15H,6H2,1H3/q+1. The van der Waals surface area contributed by atoms with Gasteiger partial charge in [-0.15, -0.1) is 0 Å². The lowest BCUT2D eigenvalue weighted by Crippen LogP contribution is -1.85. The van der Waals surface area contributed by atoms with E-state index in [1.807, 2.05) is 24.3 Å². The molecule has 0 aromatic heterocycles. The summed E-state index contributed by atoms with van der Waals surface area (Å²) in [7, 11) is 1.68. The van der Waals surface area contributed by atoms with Crippen LogP contribution in [0.4, 0.5) is 5.69 Å². The molecule has 1 aliphatic rings. The molecule has 2 aromatic rings. The number of ether oxygens (including phenoxy) is 1. The van der Waals surface area contributed by atoms with Crippen LogP contribution in [0.2, 0.25) is 0 Å². The molecule has 0 spiro atoms. The Labute approximate surface area is 104 Å². The van der Waals surface area contributed by atoms with Gasteiger partial charge in [0.1, 0.15) is 11.3 Å². The molecule has 2 aromatic carbocycles. The van der Waals surface area contributed by atoms with E-state index < -0.39 is 0 Å². The minimum atomic E-state index is 0.725. The Kier molecular flexibility index (Phi) is 2.43. The number of methoxy groups -OCH3 is 1. The van der Waals surface area contributed by atoms with Crippen LogP contribution in [0.5, 0.6) is 5.75 Å². The minimum absolute atomic E-state index is 0.725. The summed E-state index contributed by atoms with van der Waals surface area (Å²) in [5.74, 6) is 0.882.